The number of nitrogens with zero attached hydrogens (tertiary/aromatic N) is 2. The fraction of sp³-hybridized carbons (Fsp3) is 0.273. The zero-order chi connectivity index (χ0) is 25.9. The maximum absolute atomic E-state index is 12.5. The Morgan fingerprint density at radius 2 is 1.38 bits per heavy atom. The van der Waals surface area contributed by atoms with E-state index in [1.165, 1.54) is 11.1 Å². The Labute approximate surface area is 217 Å². The van der Waals surface area contributed by atoms with Crippen molar-refractivity contribution in [2.24, 2.45) is 0 Å². The first kappa shape index (κ1) is 23.5. The maximum Gasteiger partial charge on any atom is 0.277 e. The number of para-hydroxylation sites is 2. The molecule has 1 aromatic heterocycles. The standard InChI is InChI=1S/C33H32N2O2/c1-32(2)17-18-33(3,4)28-20-30(35(36)37)26(19-27(28)32)25-15-10-14-24-23-13-8-9-16-29(23)34(31(24)25)21-22-11-6-5-7-12-22/h5-16,19-20H,17-18,21H2,1-4H3. The first-order valence-electron chi connectivity index (χ1n) is 13.0. The predicted octanol–water partition coefficient (Wildman–Crippen LogP) is 8.77. The molecule has 0 atom stereocenters. The van der Waals surface area contributed by atoms with Crippen LogP contribution in [0.4, 0.5) is 5.69 Å². The molecule has 0 unspecified atom stereocenters. The van der Waals surface area contributed by atoms with Crippen LogP contribution >= 0.6 is 0 Å². The zero-order valence-corrected chi connectivity index (χ0v) is 21.9. The summed E-state index contributed by atoms with van der Waals surface area (Å²) >= 11 is 0. The first-order chi connectivity index (χ1) is 17.7. The summed E-state index contributed by atoms with van der Waals surface area (Å²) in [5.74, 6) is 0. The van der Waals surface area contributed by atoms with Crippen LogP contribution in [0.2, 0.25) is 0 Å². The van der Waals surface area contributed by atoms with Crippen LogP contribution in [-0.2, 0) is 17.4 Å². The Bertz CT molecular complexity index is 1680. The van der Waals surface area contributed by atoms with E-state index in [1.54, 1.807) is 0 Å². The molecular formula is C33H32N2O2. The normalized spacial score (nSPS) is 16.1. The van der Waals surface area contributed by atoms with E-state index in [2.05, 4.69) is 99.0 Å². The van der Waals surface area contributed by atoms with Gasteiger partial charge in [0.15, 0.2) is 0 Å². The molecule has 0 fully saturated rings. The predicted molar refractivity (Wildman–Crippen MR) is 152 cm³/mol. The fourth-order valence-electron chi connectivity index (χ4n) is 6.23. The van der Waals surface area contributed by atoms with Gasteiger partial charge in [-0.3, -0.25) is 10.1 Å². The van der Waals surface area contributed by atoms with Gasteiger partial charge < -0.3 is 4.57 Å². The Balaban J connectivity index is 1.70. The molecule has 0 bridgehead atoms. The largest absolute Gasteiger partial charge is 0.335 e. The van der Waals surface area contributed by atoms with E-state index >= 15 is 0 Å². The van der Waals surface area contributed by atoms with Crippen molar-refractivity contribution >= 4 is 27.5 Å². The van der Waals surface area contributed by atoms with E-state index in [0.717, 1.165) is 45.8 Å². The van der Waals surface area contributed by atoms with E-state index in [1.807, 2.05) is 18.2 Å². The summed E-state index contributed by atoms with van der Waals surface area (Å²) < 4.78 is 2.33. The Morgan fingerprint density at radius 1 is 0.757 bits per heavy atom. The minimum atomic E-state index is -0.198. The summed E-state index contributed by atoms with van der Waals surface area (Å²) in [6.45, 7) is 9.65. The Hall–Kier alpha value is -3.92. The van der Waals surface area contributed by atoms with Crippen molar-refractivity contribution in [2.45, 2.75) is 57.9 Å². The summed E-state index contributed by atoms with van der Waals surface area (Å²) in [4.78, 5) is 12.3. The average Bonchev–Trinajstić information content (AvgIpc) is 3.20. The minimum absolute atomic E-state index is 0.0423. The highest BCUT2D eigenvalue weighted by atomic mass is 16.6. The number of nitro benzene ring substituents is 1. The van der Waals surface area contributed by atoms with Crippen molar-refractivity contribution in [3.63, 3.8) is 0 Å². The van der Waals surface area contributed by atoms with Crippen molar-refractivity contribution in [1.82, 2.24) is 4.57 Å². The molecule has 0 saturated carbocycles. The lowest BCUT2D eigenvalue weighted by Crippen LogP contribution is -2.34. The summed E-state index contributed by atoms with van der Waals surface area (Å²) in [7, 11) is 0. The molecule has 4 aromatic carbocycles. The van der Waals surface area contributed by atoms with Gasteiger partial charge in [0.2, 0.25) is 0 Å². The molecule has 37 heavy (non-hydrogen) atoms. The highest BCUT2D eigenvalue weighted by Crippen LogP contribution is 2.50. The van der Waals surface area contributed by atoms with E-state index in [4.69, 9.17) is 0 Å². The second-order valence-electron chi connectivity index (χ2n) is 11.7. The van der Waals surface area contributed by atoms with Crippen LogP contribution in [0.1, 0.15) is 57.2 Å². The lowest BCUT2D eigenvalue weighted by Gasteiger charge is -2.41. The molecule has 1 aliphatic rings. The maximum atomic E-state index is 12.5. The van der Waals surface area contributed by atoms with Crippen LogP contribution in [0.15, 0.2) is 84.9 Å². The van der Waals surface area contributed by atoms with Gasteiger partial charge in [-0.05, 0) is 52.5 Å². The Morgan fingerprint density at radius 3 is 2.08 bits per heavy atom. The van der Waals surface area contributed by atoms with Gasteiger partial charge in [0.1, 0.15) is 0 Å². The van der Waals surface area contributed by atoms with Crippen LogP contribution < -0.4 is 0 Å². The first-order valence-corrected chi connectivity index (χ1v) is 13.0. The van der Waals surface area contributed by atoms with Gasteiger partial charge in [0.25, 0.3) is 5.69 Å². The lowest BCUT2D eigenvalue weighted by molar-refractivity contribution is -0.384. The van der Waals surface area contributed by atoms with E-state index in [-0.39, 0.29) is 21.4 Å². The van der Waals surface area contributed by atoms with Gasteiger partial charge >= 0.3 is 0 Å². The van der Waals surface area contributed by atoms with Crippen LogP contribution in [0.5, 0.6) is 0 Å². The number of fused-ring (bicyclic) bond motifs is 4. The molecular weight excluding hydrogens is 456 g/mol. The summed E-state index contributed by atoms with van der Waals surface area (Å²) in [5, 5.41) is 14.8. The molecule has 5 aromatic rings. The average molecular weight is 489 g/mol. The molecule has 4 heteroatoms. The second kappa shape index (κ2) is 8.31. The molecule has 0 radical (unpaired) electrons. The molecule has 6 rings (SSSR count). The number of rotatable bonds is 4. The molecule has 0 N–H and O–H groups in total. The smallest absolute Gasteiger partial charge is 0.277 e. The zero-order valence-electron chi connectivity index (χ0n) is 21.9. The van der Waals surface area contributed by atoms with Crippen LogP contribution in [-0.4, -0.2) is 9.49 Å². The van der Waals surface area contributed by atoms with Gasteiger partial charge in [-0.2, -0.15) is 0 Å². The van der Waals surface area contributed by atoms with Crippen molar-refractivity contribution in [3.05, 3.63) is 112 Å². The van der Waals surface area contributed by atoms with Crippen LogP contribution in [0.3, 0.4) is 0 Å². The number of hydrogen-bond donors (Lipinski definition) is 0. The van der Waals surface area contributed by atoms with Crippen molar-refractivity contribution in [1.29, 1.82) is 0 Å². The second-order valence-corrected chi connectivity index (χ2v) is 11.7. The van der Waals surface area contributed by atoms with E-state index in [0.29, 0.717) is 12.1 Å². The number of benzene rings is 4. The highest BCUT2D eigenvalue weighted by Gasteiger charge is 2.39. The molecule has 1 aliphatic carbocycles. The minimum Gasteiger partial charge on any atom is -0.335 e. The monoisotopic (exact) mass is 488 g/mol. The molecule has 0 amide bonds. The molecule has 1 heterocycles. The molecule has 0 aliphatic heterocycles. The lowest BCUT2D eigenvalue weighted by atomic mass is 9.62. The van der Waals surface area contributed by atoms with Gasteiger partial charge in [0.05, 0.1) is 16.0 Å². The molecule has 0 spiro atoms. The fourth-order valence-corrected chi connectivity index (χ4v) is 6.23. The third-order valence-electron chi connectivity index (χ3n) is 8.43. The SMILES string of the molecule is CC1(C)CCC(C)(C)c2cc([N+](=O)[O-])c(-c3cccc4c5ccccc5n(Cc5ccccc5)c34)cc21. The summed E-state index contributed by atoms with van der Waals surface area (Å²) in [6, 6.07) is 29.1. The summed E-state index contributed by atoms with van der Waals surface area (Å²) in [5.41, 5.74) is 7.39. The quantitative estimate of drug-likeness (QED) is 0.187. The van der Waals surface area contributed by atoms with Gasteiger partial charge in [-0.25, -0.2) is 0 Å². The highest BCUT2D eigenvalue weighted by molar-refractivity contribution is 6.13. The van der Waals surface area contributed by atoms with Gasteiger partial charge in [-0.1, -0.05) is 94.4 Å². The molecule has 186 valence electrons. The number of nitro groups is 1. The van der Waals surface area contributed by atoms with Crippen LogP contribution in [0, 0.1) is 10.1 Å². The number of aromatic nitrogens is 1. The topological polar surface area (TPSA) is 48.1 Å². The van der Waals surface area contributed by atoms with Crippen molar-refractivity contribution in [3.8, 4) is 11.1 Å². The van der Waals surface area contributed by atoms with Crippen LogP contribution in [0.25, 0.3) is 32.9 Å². The van der Waals surface area contributed by atoms with Crippen molar-refractivity contribution < 1.29 is 4.92 Å². The van der Waals surface area contributed by atoms with Gasteiger partial charge in [-0.15, -0.1) is 0 Å². The molecule has 0 saturated heterocycles. The Kier molecular flexibility index (Phi) is 5.27. The summed E-state index contributed by atoms with van der Waals surface area (Å²) in [6.07, 6.45) is 2.08. The van der Waals surface area contributed by atoms with E-state index < -0.39 is 0 Å². The molecule has 4 nitrogen and oxygen atoms in total. The van der Waals surface area contributed by atoms with Crippen molar-refractivity contribution in [2.75, 3.05) is 0 Å². The third-order valence-corrected chi connectivity index (χ3v) is 8.43. The van der Waals surface area contributed by atoms with E-state index in [9.17, 15) is 10.1 Å². The number of hydrogen-bond acceptors (Lipinski definition) is 2. The van der Waals surface area contributed by atoms with Gasteiger partial charge in [0, 0.05) is 34.5 Å². The third kappa shape index (κ3) is 3.74.